The second-order valence-electron chi connectivity index (χ2n) is 4.64. The van der Waals surface area contributed by atoms with Gasteiger partial charge in [-0.3, -0.25) is 9.59 Å². The number of carbonyl (C=O) groups excluding carboxylic acids is 2. The fraction of sp³-hybridized carbons (Fsp3) is 0.833. The highest BCUT2D eigenvalue weighted by Crippen LogP contribution is 2.22. The molecule has 0 unspecified atom stereocenters. The summed E-state index contributed by atoms with van der Waals surface area (Å²) >= 11 is 0. The quantitative estimate of drug-likeness (QED) is 0.653. The van der Waals surface area contributed by atoms with Crippen LogP contribution in [0.2, 0.25) is 0 Å². The van der Waals surface area contributed by atoms with E-state index in [0.717, 1.165) is 6.42 Å². The molecule has 0 fully saturated rings. The normalized spacial score (nSPS) is 11.1. The molecule has 4 heteroatoms. The summed E-state index contributed by atoms with van der Waals surface area (Å²) < 4.78 is 4.54. The first-order valence-electron chi connectivity index (χ1n) is 5.67. The molecule has 0 aromatic rings. The van der Waals surface area contributed by atoms with Crippen LogP contribution < -0.4 is 0 Å². The first-order valence-corrected chi connectivity index (χ1v) is 5.67. The minimum Gasteiger partial charge on any atom is -0.469 e. The lowest BCUT2D eigenvalue weighted by Gasteiger charge is -2.28. The van der Waals surface area contributed by atoms with Crippen LogP contribution in [0.25, 0.3) is 0 Å². The van der Waals surface area contributed by atoms with Crippen molar-refractivity contribution < 1.29 is 14.3 Å². The van der Waals surface area contributed by atoms with Gasteiger partial charge in [-0.05, 0) is 12.8 Å². The number of hydrogen-bond donors (Lipinski definition) is 0. The van der Waals surface area contributed by atoms with Gasteiger partial charge in [0.1, 0.15) is 0 Å². The van der Waals surface area contributed by atoms with Crippen molar-refractivity contribution in [3.63, 3.8) is 0 Å². The van der Waals surface area contributed by atoms with Crippen LogP contribution in [0.5, 0.6) is 0 Å². The van der Waals surface area contributed by atoms with E-state index in [1.807, 2.05) is 20.8 Å². The first kappa shape index (κ1) is 14.9. The van der Waals surface area contributed by atoms with E-state index in [2.05, 4.69) is 4.74 Å². The number of hydrogen-bond acceptors (Lipinski definition) is 3. The SMILES string of the molecule is CCC(C)(C)C(=O)N(C)CCCC(=O)OC. The van der Waals surface area contributed by atoms with E-state index in [0.29, 0.717) is 19.4 Å². The van der Waals surface area contributed by atoms with Gasteiger partial charge in [0.05, 0.1) is 7.11 Å². The molecule has 0 N–H and O–H groups in total. The number of nitrogens with zero attached hydrogens (tertiary/aromatic N) is 1. The van der Waals surface area contributed by atoms with Crippen LogP contribution in [0.15, 0.2) is 0 Å². The maximum absolute atomic E-state index is 12.0. The summed E-state index contributed by atoms with van der Waals surface area (Å²) in [6, 6.07) is 0. The van der Waals surface area contributed by atoms with E-state index >= 15 is 0 Å². The van der Waals surface area contributed by atoms with Crippen LogP contribution in [0, 0.1) is 5.41 Å². The Balaban J connectivity index is 4.02. The summed E-state index contributed by atoms with van der Waals surface area (Å²) in [6.45, 7) is 6.47. The molecule has 0 aliphatic carbocycles. The Hall–Kier alpha value is -1.06. The van der Waals surface area contributed by atoms with Crippen LogP contribution in [0.3, 0.4) is 0 Å². The van der Waals surface area contributed by atoms with Gasteiger partial charge in [0.25, 0.3) is 0 Å². The topological polar surface area (TPSA) is 46.6 Å². The third-order valence-corrected chi connectivity index (χ3v) is 2.91. The van der Waals surface area contributed by atoms with Crippen LogP contribution in [-0.4, -0.2) is 37.5 Å². The number of esters is 1. The Labute approximate surface area is 98.0 Å². The van der Waals surface area contributed by atoms with Crippen LogP contribution in [-0.2, 0) is 14.3 Å². The van der Waals surface area contributed by atoms with Gasteiger partial charge < -0.3 is 9.64 Å². The second-order valence-corrected chi connectivity index (χ2v) is 4.64. The Bertz CT molecular complexity index is 249. The summed E-state index contributed by atoms with van der Waals surface area (Å²) in [7, 11) is 3.15. The molecule has 0 spiro atoms. The molecule has 0 radical (unpaired) electrons. The zero-order valence-corrected chi connectivity index (χ0v) is 11.0. The maximum atomic E-state index is 12.0. The summed E-state index contributed by atoms with van der Waals surface area (Å²) in [5.41, 5.74) is -0.319. The molecule has 0 heterocycles. The summed E-state index contributed by atoms with van der Waals surface area (Å²) in [5.74, 6) is -0.101. The Morgan fingerprint density at radius 3 is 2.31 bits per heavy atom. The average molecular weight is 229 g/mol. The predicted molar refractivity (Wildman–Crippen MR) is 63.0 cm³/mol. The van der Waals surface area contributed by atoms with E-state index in [9.17, 15) is 9.59 Å². The Kier molecular flexibility index (Phi) is 6.08. The lowest BCUT2D eigenvalue weighted by Crippen LogP contribution is -2.38. The van der Waals surface area contributed by atoms with Crippen molar-refractivity contribution >= 4 is 11.9 Å². The lowest BCUT2D eigenvalue weighted by molar-refractivity contribution is -0.142. The molecular formula is C12H23NO3. The number of rotatable bonds is 6. The number of ether oxygens (including phenoxy) is 1. The Morgan fingerprint density at radius 1 is 1.31 bits per heavy atom. The van der Waals surface area contributed by atoms with Gasteiger partial charge in [0.15, 0.2) is 0 Å². The molecule has 1 amide bonds. The van der Waals surface area contributed by atoms with Crippen molar-refractivity contribution in [2.24, 2.45) is 5.41 Å². The van der Waals surface area contributed by atoms with Crippen molar-refractivity contribution in [2.45, 2.75) is 40.0 Å². The molecule has 0 aromatic heterocycles. The van der Waals surface area contributed by atoms with Crippen molar-refractivity contribution in [3.05, 3.63) is 0 Å². The van der Waals surface area contributed by atoms with Gasteiger partial charge >= 0.3 is 5.97 Å². The van der Waals surface area contributed by atoms with Crippen molar-refractivity contribution in [1.82, 2.24) is 4.90 Å². The third-order valence-electron chi connectivity index (χ3n) is 2.91. The van der Waals surface area contributed by atoms with E-state index in [-0.39, 0.29) is 17.3 Å². The molecule has 4 nitrogen and oxygen atoms in total. The summed E-state index contributed by atoms with van der Waals surface area (Å²) in [4.78, 5) is 24.5. The van der Waals surface area contributed by atoms with E-state index in [1.165, 1.54) is 7.11 Å². The predicted octanol–water partition coefficient (Wildman–Crippen LogP) is 1.83. The van der Waals surface area contributed by atoms with Gasteiger partial charge in [0, 0.05) is 25.4 Å². The standard InChI is InChI=1S/C12H23NO3/c1-6-12(2,3)11(15)13(4)9-7-8-10(14)16-5/h6-9H2,1-5H3. The molecule has 0 aromatic carbocycles. The molecular weight excluding hydrogens is 206 g/mol. The fourth-order valence-electron chi connectivity index (χ4n) is 1.33. The maximum Gasteiger partial charge on any atom is 0.305 e. The second kappa shape index (κ2) is 6.51. The summed E-state index contributed by atoms with van der Waals surface area (Å²) in [5, 5.41) is 0. The third kappa shape index (κ3) is 4.64. The van der Waals surface area contributed by atoms with Gasteiger partial charge in [-0.1, -0.05) is 20.8 Å². The largest absolute Gasteiger partial charge is 0.469 e. The highest BCUT2D eigenvalue weighted by Gasteiger charge is 2.28. The monoisotopic (exact) mass is 229 g/mol. The summed E-state index contributed by atoms with van der Waals surface area (Å²) in [6.07, 6.45) is 1.82. The minimum atomic E-state index is -0.319. The van der Waals surface area contributed by atoms with E-state index in [1.54, 1.807) is 11.9 Å². The van der Waals surface area contributed by atoms with Crippen LogP contribution in [0.4, 0.5) is 0 Å². The zero-order valence-electron chi connectivity index (χ0n) is 11.0. The zero-order chi connectivity index (χ0) is 12.8. The smallest absolute Gasteiger partial charge is 0.305 e. The molecule has 16 heavy (non-hydrogen) atoms. The molecule has 0 atom stereocenters. The first-order chi connectivity index (χ1) is 7.35. The number of methoxy groups -OCH3 is 1. The lowest BCUT2D eigenvalue weighted by atomic mass is 9.88. The van der Waals surface area contributed by atoms with E-state index < -0.39 is 0 Å². The Morgan fingerprint density at radius 2 is 1.88 bits per heavy atom. The van der Waals surface area contributed by atoms with Crippen molar-refractivity contribution in [1.29, 1.82) is 0 Å². The molecule has 94 valence electrons. The highest BCUT2D eigenvalue weighted by molar-refractivity contribution is 5.81. The molecule has 0 aliphatic heterocycles. The molecule has 0 bridgehead atoms. The molecule has 0 rings (SSSR count). The number of carbonyl (C=O) groups is 2. The molecule has 0 saturated carbocycles. The van der Waals surface area contributed by atoms with Crippen LogP contribution in [0.1, 0.15) is 40.0 Å². The molecule has 0 aliphatic rings. The number of amides is 1. The van der Waals surface area contributed by atoms with Gasteiger partial charge in [-0.15, -0.1) is 0 Å². The van der Waals surface area contributed by atoms with Gasteiger partial charge in [-0.25, -0.2) is 0 Å². The fourth-order valence-corrected chi connectivity index (χ4v) is 1.33. The van der Waals surface area contributed by atoms with E-state index in [4.69, 9.17) is 0 Å². The van der Waals surface area contributed by atoms with Crippen molar-refractivity contribution in [2.75, 3.05) is 20.7 Å². The average Bonchev–Trinajstić information content (AvgIpc) is 2.27. The van der Waals surface area contributed by atoms with Gasteiger partial charge in [0.2, 0.25) is 5.91 Å². The highest BCUT2D eigenvalue weighted by atomic mass is 16.5. The minimum absolute atomic E-state index is 0.125. The van der Waals surface area contributed by atoms with Gasteiger partial charge in [-0.2, -0.15) is 0 Å². The van der Waals surface area contributed by atoms with Crippen molar-refractivity contribution in [3.8, 4) is 0 Å². The molecule has 0 saturated heterocycles. The van der Waals surface area contributed by atoms with Crippen LogP contribution >= 0.6 is 0 Å².